The molecule has 1 aromatic heterocycles. The minimum atomic E-state index is -0.465. The molecule has 0 aliphatic carbocycles. The second-order valence-electron chi connectivity index (χ2n) is 5.16. The molecule has 108 valence electrons. The van der Waals surface area contributed by atoms with E-state index in [0.29, 0.717) is 6.42 Å². The molecule has 0 spiro atoms. The van der Waals surface area contributed by atoms with Crippen molar-refractivity contribution in [1.82, 2.24) is 0 Å². The zero-order valence-corrected chi connectivity index (χ0v) is 13.0. The predicted octanol–water partition coefficient (Wildman–Crippen LogP) is 4.49. The van der Waals surface area contributed by atoms with E-state index in [2.05, 4.69) is 25.1 Å². The van der Waals surface area contributed by atoms with Gasteiger partial charge in [-0.3, -0.25) is 0 Å². The molecule has 1 atom stereocenters. The minimum absolute atomic E-state index is 0.465. The number of ether oxygens (including phenoxy) is 1. The van der Waals surface area contributed by atoms with Crippen LogP contribution in [0.25, 0.3) is 10.8 Å². The Kier molecular flexibility index (Phi) is 3.95. The average molecular weight is 298 g/mol. The van der Waals surface area contributed by atoms with E-state index in [0.717, 1.165) is 22.3 Å². The van der Waals surface area contributed by atoms with E-state index in [1.165, 1.54) is 10.3 Å². The quantitative estimate of drug-likeness (QED) is 0.768. The Morgan fingerprint density at radius 1 is 1.19 bits per heavy atom. The van der Waals surface area contributed by atoms with E-state index >= 15 is 0 Å². The molecule has 0 amide bonds. The van der Waals surface area contributed by atoms with Gasteiger partial charge in [0.2, 0.25) is 0 Å². The Bertz CT molecular complexity index is 761. The van der Waals surface area contributed by atoms with Gasteiger partial charge in [0, 0.05) is 11.3 Å². The van der Waals surface area contributed by atoms with Crippen LogP contribution in [0.1, 0.15) is 22.1 Å². The summed E-state index contributed by atoms with van der Waals surface area (Å²) >= 11 is 1.67. The third kappa shape index (κ3) is 2.80. The molecule has 2 aromatic carbocycles. The lowest BCUT2D eigenvalue weighted by atomic mass is 9.97. The van der Waals surface area contributed by atoms with Crippen LogP contribution in [-0.2, 0) is 6.42 Å². The highest BCUT2D eigenvalue weighted by molar-refractivity contribution is 7.10. The molecule has 1 heterocycles. The summed E-state index contributed by atoms with van der Waals surface area (Å²) in [6.45, 7) is 2.05. The summed E-state index contributed by atoms with van der Waals surface area (Å²) in [5.41, 5.74) is 2.17. The molecule has 0 saturated carbocycles. The summed E-state index contributed by atoms with van der Waals surface area (Å²) in [4.78, 5) is 1.18. The second-order valence-corrected chi connectivity index (χ2v) is 6.28. The number of aliphatic hydroxyl groups excluding tert-OH is 1. The lowest BCUT2D eigenvalue weighted by Crippen LogP contribution is -2.02. The van der Waals surface area contributed by atoms with Gasteiger partial charge in [-0.25, -0.2) is 0 Å². The molecule has 2 nitrogen and oxygen atoms in total. The number of benzene rings is 2. The molecule has 0 radical (unpaired) electrons. The van der Waals surface area contributed by atoms with E-state index in [9.17, 15) is 5.11 Å². The van der Waals surface area contributed by atoms with Crippen LogP contribution < -0.4 is 4.74 Å². The zero-order chi connectivity index (χ0) is 14.8. The lowest BCUT2D eigenvalue weighted by Gasteiger charge is -2.13. The third-order valence-electron chi connectivity index (χ3n) is 3.85. The Hall–Kier alpha value is -1.84. The molecule has 1 N–H and O–H groups in total. The molecular weight excluding hydrogens is 280 g/mol. The molecule has 0 aliphatic heterocycles. The summed E-state index contributed by atoms with van der Waals surface area (Å²) in [5.74, 6) is 0.844. The highest BCUT2D eigenvalue weighted by Gasteiger charge is 2.14. The Morgan fingerprint density at radius 3 is 2.76 bits per heavy atom. The van der Waals surface area contributed by atoms with Crippen molar-refractivity contribution < 1.29 is 9.84 Å². The molecule has 0 fully saturated rings. The van der Waals surface area contributed by atoms with Crippen LogP contribution in [0.5, 0.6) is 5.75 Å². The number of hydrogen-bond acceptors (Lipinski definition) is 3. The molecule has 3 heteroatoms. The van der Waals surface area contributed by atoms with Crippen LogP contribution in [0.3, 0.4) is 0 Å². The zero-order valence-electron chi connectivity index (χ0n) is 12.2. The van der Waals surface area contributed by atoms with E-state index in [4.69, 9.17) is 4.74 Å². The van der Waals surface area contributed by atoms with Crippen LogP contribution in [0, 0.1) is 6.92 Å². The van der Waals surface area contributed by atoms with Crippen molar-refractivity contribution >= 4 is 22.1 Å². The summed E-state index contributed by atoms with van der Waals surface area (Å²) in [6.07, 6.45) is 0.148. The number of methoxy groups -OCH3 is 1. The molecule has 3 aromatic rings. The van der Waals surface area contributed by atoms with Crippen molar-refractivity contribution in [3.63, 3.8) is 0 Å². The van der Waals surface area contributed by atoms with Crippen molar-refractivity contribution in [3.05, 3.63) is 63.8 Å². The van der Waals surface area contributed by atoms with Gasteiger partial charge < -0.3 is 9.84 Å². The van der Waals surface area contributed by atoms with E-state index < -0.39 is 6.10 Å². The van der Waals surface area contributed by atoms with Gasteiger partial charge in [-0.2, -0.15) is 0 Å². The monoisotopic (exact) mass is 298 g/mol. The summed E-state index contributed by atoms with van der Waals surface area (Å²) < 4.78 is 5.31. The van der Waals surface area contributed by atoms with Gasteiger partial charge in [-0.15, -0.1) is 11.3 Å². The molecule has 0 bridgehead atoms. The van der Waals surface area contributed by atoms with Gasteiger partial charge >= 0.3 is 0 Å². The predicted molar refractivity (Wildman–Crippen MR) is 88.2 cm³/mol. The maximum Gasteiger partial charge on any atom is 0.119 e. The summed E-state index contributed by atoms with van der Waals surface area (Å²) in [7, 11) is 1.67. The Labute approximate surface area is 128 Å². The van der Waals surface area contributed by atoms with Gasteiger partial charge in [-0.1, -0.05) is 24.3 Å². The van der Waals surface area contributed by atoms with Gasteiger partial charge in [0.1, 0.15) is 5.75 Å². The summed E-state index contributed by atoms with van der Waals surface area (Å²) in [6, 6.07) is 14.3. The Balaban J connectivity index is 1.98. The van der Waals surface area contributed by atoms with Crippen molar-refractivity contribution in [2.75, 3.05) is 7.11 Å². The van der Waals surface area contributed by atoms with E-state index in [-0.39, 0.29) is 0 Å². The van der Waals surface area contributed by atoms with Crippen LogP contribution in [-0.4, -0.2) is 12.2 Å². The smallest absolute Gasteiger partial charge is 0.119 e. The summed E-state index contributed by atoms with van der Waals surface area (Å²) in [5, 5.41) is 14.8. The highest BCUT2D eigenvalue weighted by atomic mass is 32.1. The van der Waals surface area contributed by atoms with Crippen molar-refractivity contribution in [3.8, 4) is 5.75 Å². The van der Waals surface area contributed by atoms with Crippen molar-refractivity contribution in [2.45, 2.75) is 19.4 Å². The SMILES string of the molecule is COc1ccc2cccc(CC(O)c3ccsc3C)c2c1. The van der Waals surface area contributed by atoms with Crippen molar-refractivity contribution in [1.29, 1.82) is 0 Å². The van der Waals surface area contributed by atoms with Gasteiger partial charge in [0.25, 0.3) is 0 Å². The molecule has 0 saturated heterocycles. The first-order chi connectivity index (χ1) is 10.2. The molecule has 21 heavy (non-hydrogen) atoms. The maximum absolute atomic E-state index is 10.5. The van der Waals surface area contributed by atoms with Crippen LogP contribution in [0.15, 0.2) is 47.8 Å². The minimum Gasteiger partial charge on any atom is -0.497 e. The standard InChI is InChI=1S/C18H18O2S/c1-12-16(8-9-21-12)18(19)10-14-5-3-4-13-6-7-15(20-2)11-17(13)14/h3-9,11,18-19H,10H2,1-2H3. The highest BCUT2D eigenvalue weighted by Crippen LogP contribution is 2.30. The number of fused-ring (bicyclic) bond motifs is 1. The Morgan fingerprint density at radius 2 is 2.05 bits per heavy atom. The fraction of sp³-hybridized carbons (Fsp3) is 0.222. The first kappa shape index (κ1) is 14.1. The number of hydrogen-bond donors (Lipinski definition) is 1. The number of aryl methyl sites for hydroxylation is 1. The topological polar surface area (TPSA) is 29.5 Å². The van der Waals surface area contributed by atoms with Crippen LogP contribution in [0.4, 0.5) is 0 Å². The van der Waals surface area contributed by atoms with E-state index in [1.807, 2.05) is 29.6 Å². The van der Waals surface area contributed by atoms with Gasteiger partial charge in [0.15, 0.2) is 0 Å². The average Bonchev–Trinajstić information content (AvgIpc) is 2.93. The van der Waals surface area contributed by atoms with Gasteiger partial charge in [-0.05, 0) is 52.4 Å². The van der Waals surface area contributed by atoms with Gasteiger partial charge in [0.05, 0.1) is 13.2 Å². The number of rotatable bonds is 4. The van der Waals surface area contributed by atoms with Crippen molar-refractivity contribution in [2.24, 2.45) is 0 Å². The number of thiophene rings is 1. The fourth-order valence-electron chi connectivity index (χ4n) is 2.68. The lowest BCUT2D eigenvalue weighted by molar-refractivity contribution is 0.178. The maximum atomic E-state index is 10.5. The van der Waals surface area contributed by atoms with E-state index in [1.54, 1.807) is 18.4 Å². The van der Waals surface area contributed by atoms with Crippen LogP contribution in [0.2, 0.25) is 0 Å². The number of aliphatic hydroxyl groups is 1. The largest absolute Gasteiger partial charge is 0.497 e. The molecular formula is C18H18O2S. The fourth-order valence-corrected chi connectivity index (χ4v) is 3.44. The first-order valence-electron chi connectivity index (χ1n) is 6.96. The normalized spacial score (nSPS) is 12.5. The second kappa shape index (κ2) is 5.88. The first-order valence-corrected chi connectivity index (χ1v) is 7.84. The molecule has 1 unspecified atom stereocenters. The third-order valence-corrected chi connectivity index (χ3v) is 4.71. The van der Waals surface area contributed by atoms with Crippen LogP contribution >= 0.6 is 11.3 Å². The molecule has 3 rings (SSSR count). The molecule has 0 aliphatic rings.